The predicted octanol–water partition coefficient (Wildman–Crippen LogP) is 3.09. The second kappa shape index (κ2) is 7.38. The Labute approximate surface area is 141 Å². The van der Waals surface area contributed by atoms with Crippen LogP contribution < -0.4 is 10.7 Å². The molecule has 1 amide bonds. The van der Waals surface area contributed by atoms with Crippen LogP contribution in [0.2, 0.25) is 0 Å². The molecular formula is C18H23N5O. The highest BCUT2D eigenvalue weighted by atomic mass is 16.2. The molecule has 0 bridgehead atoms. The van der Waals surface area contributed by atoms with Gasteiger partial charge in [-0.05, 0) is 18.6 Å². The number of hydrogen-bond donors (Lipinski definition) is 2. The standard InChI is InChI=1S/C18H23N5O/c1-3-4-5-8-19-18-14-7-6-13(10-15(14)20-11-21-18)17-12(2)9-16(24)22-23-17/h6-7,10-12H,3-5,8-9H2,1-2H3,(H,22,24)(H,19,20,21). The number of rotatable bonds is 6. The summed E-state index contributed by atoms with van der Waals surface area (Å²) in [5.41, 5.74) is 5.33. The Morgan fingerprint density at radius 3 is 2.96 bits per heavy atom. The SMILES string of the molecule is CCCCCNc1ncnc2cc(C3=NNC(=O)CC3C)ccc12. The van der Waals surface area contributed by atoms with Gasteiger partial charge in [-0.2, -0.15) is 5.10 Å². The molecule has 2 N–H and O–H groups in total. The van der Waals surface area contributed by atoms with Crippen molar-refractivity contribution in [2.75, 3.05) is 11.9 Å². The number of hydrogen-bond acceptors (Lipinski definition) is 5. The molecule has 1 aromatic heterocycles. The molecule has 0 aliphatic carbocycles. The van der Waals surface area contributed by atoms with E-state index in [-0.39, 0.29) is 11.8 Å². The number of nitrogens with one attached hydrogen (secondary N) is 2. The van der Waals surface area contributed by atoms with Gasteiger partial charge >= 0.3 is 0 Å². The van der Waals surface area contributed by atoms with Crippen molar-refractivity contribution < 1.29 is 4.79 Å². The minimum atomic E-state index is -0.0343. The molecule has 24 heavy (non-hydrogen) atoms. The van der Waals surface area contributed by atoms with Gasteiger partial charge in [0.15, 0.2) is 0 Å². The number of unbranched alkanes of at least 4 members (excludes halogenated alkanes) is 2. The lowest BCUT2D eigenvalue weighted by Crippen LogP contribution is -2.31. The number of hydrazone groups is 1. The number of benzene rings is 1. The van der Waals surface area contributed by atoms with Crippen molar-refractivity contribution >= 4 is 28.3 Å². The van der Waals surface area contributed by atoms with E-state index in [4.69, 9.17) is 0 Å². The minimum Gasteiger partial charge on any atom is -0.369 e. The highest BCUT2D eigenvalue weighted by Crippen LogP contribution is 2.23. The van der Waals surface area contributed by atoms with Crippen LogP contribution in [0.3, 0.4) is 0 Å². The van der Waals surface area contributed by atoms with Gasteiger partial charge in [-0.1, -0.05) is 32.8 Å². The van der Waals surface area contributed by atoms with Crippen LogP contribution in [0, 0.1) is 5.92 Å². The summed E-state index contributed by atoms with van der Waals surface area (Å²) in [6.07, 6.45) is 5.59. The van der Waals surface area contributed by atoms with Crippen LogP contribution in [-0.4, -0.2) is 28.1 Å². The summed E-state index contributed by atoms with van der Waals surface area (Å²) >= 11 is 0. The maximum atomic E-state index is 11.4. The maximum absolute atomic E-state index is 11.4. The summed E-state index contributed by atoms with van der Waals surface area (Å²) < 4.78 is 0. The van der Waals surface area contributed by atoms with Crippen LogP contribution in [-0.2, 0) is 4.79 Å². The molecule has 126 valence electrons. The Morgan fingerprint density at radius 1 is 1.29 bits per heavy atom. The average molecular weight is 325 g/mol. The summed E-state index contributed by atoms with van der Waals surface area (Å²) in [6, 6.07) is 6.06. The smallest absolute Gasteiger partial charge is 0.240 e. The van der Waals surface area contributed by atoms with E-state index in [2.05, 4.69) is 32.7 Å². The van der Waals surface area contributed by atoms with Crippen LogP contribution in [0.1, 0.15) is 45.1 Å². The Hall–Kier alpha value is -2.50. The monoisotopic (exact) mass is 325 g/mol. The molecule has 0 saturated carbocycles. The van der Waals surface area contributed by atoms with E-state index in [9.17, 15) is 4.79 Å². The van der Waals surface area contributed by atoms with E-state index in [0.717, 1.165) is 41.0 Å². The Bertz CT molecular complexity index is 771. The second-order valence-electron chi connectivity index (χ2n) is 6.23. The van der Waals surface area contributed by atoms with E-state index >= 15 is 0 Å². The number of carbonyl (C=O) groups is 1. The van der Waals surface area contributed by atoms with Crippen molar-refractivity contribution in [1.29, 1.82) is 0 Å². The summed E-state index contributed by atoms with van der Waals surface area (Å²) in [6.45, 7) is 5.12. The van der Waals surface area contributed by atoms with Crippen LogP contribution in [0.15, 0.2) is 29.6 Å². The number of anilines is 1. The lowest BCUT2D eigenvalue weighted by atomic mass is 9.93. The van der Waals surface area contributed by atoms with Gasteiger partial charge in [0.25, 0.3) is 0 Å². The first-order chi connectivity index (χ1) is 11.7. The molecule has 0 saturated heterocycles. The summed E-state index contributed by atoms with van der Waals surface area (Å²) in [7, 11) is 0. The van der Waals surface area contributed by atoms with Gasteiger partial charge in [-0.15, -0.1) is 0 Å². The molecule has 1 atom stereocenters. The zero-order chi connectivity index (χ0) is 16.9. The van der Waals surface area contributed by atoms with Gasteiger partial charge in [0.05, 0.1) is 11.2 Å². The maximum Gasteiger partial charge on any atom is 0.240 e. The van der Waals surface area contributed by atoms with Crippen LogP contribution in [0.25, 0.3) is 10.9 Å². The van der Waals surface area contributed by atoms with E-state index in [1.807, 2.05) is 25.1 Å². The minimum absolute atomic E-state index is 0.0343. The van der Waals surface area contributed by atoms with Crippen LogP contribution >= 0.6 is 0 Å². The van der Waals surface area contributed by atoms with E-state index in [1.165, 1.54) is 12.8 Å². The van der Waals surface area contributed by atoms with E-state index in [1.54, 1.807) is 6.33 Å². The number of amides is 1. The van der Waals surface area contributed by atoms with E-state index in [0.29, 0.717) is 6.42 Å². The molecule has 2 heterocycles. The number of fused-ring (bicyclic) bond motifs is 1. The topological polar surface area (TPSA) is 79.3 Å². The molecule has 1 aromatic carbocycles. The van der Waals surface area contributed by atoms with Crippen LogP contribution in [0.5, 0.6) is 0 Å². The van der Waals surface area contributed by atoms with Gasteiger partial charge in [0, 0.05) is 29.8 Å². The summed E-state index contributed by atoms with van der Waals surface area (Å²) in [5.74, 6) is 0.937. The third-order valence-electron chi connectivity index (χ3n) is 4.26. The first kappa shape index (κ1) is 16.4. The average Bonchev–Trinajstić information content (AvgIpc) is 2.58. The molecule has 3 rings (SSSR count). The van der Waals surface area contributed by atoms with Crippen molar-refractivity contribution in [3.05, 3.63) is 30.1 Å². The summed E-state index contributed by atoms with van der Waals surface area (Å²) in [5, 5.41) is 8.62. The molecule has 0 spiro atoms. The van der Waals surface area contributed by atoms with Crippen molar-refractivity contribution in [1.82, 2.24) is 15.4 Å². The third kappa shape index (κ3) is 3.53. The zero-order valence-corrected chi connectivity index (χ0v) is 14.2. The van der Waals surface area contributed by atoms with E-state index < -0.39 is 0 Å². The number of carbonyl (C=O) groups excluding carboxylic acids is 1. The van der Waals surface area contributed by atoms with Gasteiger partial charge in [-0.25, -0.2) is 15.4 Å². The van der Waals surface area contributed by atoms with Gasteiger partial charge in [0.2, 0.25) is 5.91 Å². The molecule has 1 unspecified atom stereocenters. The molecule has 1 aliphatic heterocycles. The Morgan fingerprint density at radius 2 is 2.17 bits per heavy atom. The van der Waals surface area contributed by atoms with Crippen molar-refractivity contribution in [3.8, 4) is 0 Å². The van der Waals surface area contributed by atoms with Gasteiger partial charge < -0.3 is 5.32 Å². The lowest BCUT2D eigenvalue weighted by molar-refractivity contribution is -0.121. The largest absolute Gasteiger partial charge is 0.369 e. The lowest BCUT2D eigenvalue weighted by Gasteiger charge is -2.19. The fraction of sp³-hybridized carbons (Fsp3) is 0.444. The quantitative estimate of drug-likeness (QED) is 0.800. The highest BCUT2D eigenvalue weighted by Gasteiger charge is 2.22. The molecule has 2 aromatic rings. The van der Waals surface area contributed by atoms with Crippen molar-refractivity contribution in [2.45, 2.75) is 39.5 Å². The fourth-order valence-electron chi connectivity index (χ4n) is 2.94. The molecule has 0 fully saturated rings. The van der Waals surface area contributed by atoms with Crippen LogP contribution in [0.4, 0.5) is 5.82 Å². The molecular weight excluding hydrogens is 302 g/mol. The Kier molecular flexibility index (Phi) is 5.03. The van der Waals surface area contributed by atoms with Gasteiger partial charge in [0.1, 0.15) is 12.1 Å². The molecule has 1 aliphatic rings. The molecule has 6 nitrogen and oxygen atoms in total. The predicted molar refractivity (Wildman–Crippen MR) is 96.0 cm³/mol. The number of aromatic nitrogens is 2. The van der Waals surface area contributed by atoms with Crippen molar-refractivity contribution in [2.24, 2.45) is 11.0 Å². The Balaban J connectivity index is 1.85. The summed E-state index contributed by atoms with van der Waals surface area (Å²) in [4.78, 5) is 20.2. The number of nitrogens with zero attached hydrogens (tertiary/aromatic N) is 3. The highest BCUT2D eigenvalue weighted by molar-refractivity contribution is 6.07. The first-order valence-corrected chi connectivity index (χ1v) is 8.54. The zero-order valence-electron chi connectivity index (χ0n) is 14.2. The first-order valence-electron chi connectivity index (χ1n) is 8.54. The molecule has 6 heteroatoms. The second-order valence-corrected chi connectivity index (χ2v) is 6.23. The molecule has 0 radical (unpaired) electrons. The third-order valence-corrected chi connectivity index (χ3v) is 4.26. The van der Waals surface area contributed by atoms with Gasteiger partial charge in [-0.3, -0.25) is 4.79 Å². The normalized spacial score (nSPS) is 17.5. The van der Waals surface area contributed by atoms with Crippen molar-refractivity contribution in [3.63, 3.8) is 0 Å². The fourth-order valence-corrected chi connectivity index (χ4v) is 2.94.